The van der Waals surface area contributed by atoms with Crippen molar-refractivity contribution in [3.63, 3.8) is 0 Å². The first kappa shape index (κ1) is 26.8. The first-order valence-electron chi connectivity index (χ1n) is 10.6. The predicted molar refractivity (Wildman–Crippen MR) is 107 cm³/mol. The van der Waals surface area contributed by atoms with Gasteiger partial charge in [-0.3, -0.25) is 4.79 Å². The second-order valence-electron chi connectivity index (χ2n) is 7.43. The molecule has 9 heteroatoms. The van der Waals surface area contributed by atoms with Crippen LogP contribution in [0.1, 0.15) is 63.9 Å². The Balaban J connectivity index is 2.59. The Morgan fingerprint density at radius 1 is 0.903 bits per heavy atom. The molecule has 0 saturated carbocycles. The molecule has 0 radical (unpaired) electrons. The van der Waals surface area contributed by atoms with Crippen molar-refractivity contribution in [1.29, 1.82) is 0 Å². The molecule has 0 fully saturated rings. The van der Waals surface area contributed by atoms with Crippen molar-refractivity contribution in [2.45, 2.75) is 82.9 Å². The van der Waals surface area contributed by atoms with E-state index in [9.17, 15) is 31.5 Å². The van der Waals surface area contributed by atoms with E-state index in [1.54, 1.807) is 30.3 Å². The Kier molecular flexibility index (Phi) is 11.5. The van der Waals surface area contributed by atoms with Crippen molar-refractivity contribution >= 4 is 11.9 Å². The number of rotatable bonds is 14. The highest BCUT2D eigenvalue weighted by Crippen LogP contribution is 2.35. The second-order valence-corrected chi connectivity index (χ2v) is 7.43. The maximum Gasteiger partial charge on any atom is 0.463 e. The summed E-state index contributed by atoms with van der Waals surface area (Å²) in [4.78, 5) is 23.9. The number of hydrogen-bond donors (Lipinski definition) is 1. The highest BCUT2D eigenvalue weighted by molar-refractivity contribution is 5.89. The number of nitrogens with one attached hydrogen (secondary N) is 1. The lowest BCUT2D eigenvalue weighted by Crippen LogP contribution is -2.55. The average Bonchev–Trinajstić information content (AvgIpc) is 2.71. The minimum Gasteiger partial charge on any atom is -0.464 e. The molecule has 0 aliphatic carbocycles. The van der Waals surface area contributed by atoms with Gasteiger partial charge in [0.25, 0.3) is 0 Å². The van der Waals surface area contributed by atoms with Gasteiger partial charge in [0.05, 0.1) is 6.61 Å². The first-order chi connectivity index (χ1) is 14.6. The molecule has 1 aromatic rings. The molecule has 1 N–H and O–H groups in total. The summed E-state index contributed by atoms with van der Waals surface area (Å²) >= 11 is 0. The lowest BCUT2D eigenvalue weighted by atomic mass is 10.1. The van der Waals surface area contributed by atoms with Crippen molar-refractivity contribution in [2.24, 2.45) is 0 Å². The van der Waals surface area contributed by atoms with Gasteiger partial charge in [-0.15, -0.1) is 0 Å². The van der Waals surface area contributed by atoms with Crippen LogP contribution >= 0.6 is 0 Å². The zero-order chi connectivity index (χ0) is 23.3. The number of amides is 1. The Morgan fingerprint density at radius 3 is 2.00 bits per heavy atom. The number of carbonyl (C=O) groups is 2. The molecule has 0 heterocycles. The molecular formula is C22H30F5NO3. The number of halogens is 5. The fraction of sp³-hybridized carbons (Fsp3) is 0.636. The van der Waals surface area contributed by atoms with E-state index in [0.717, 1.165) is 32.1 Å². The molecule has 0 bridgehead atoms. The number of alkyl halides is 5. The van der Waals surface area contributed by atoms with Gasteiger partial charge >= 0.3 is 24.0 Å². The summed E-state index contributed by atoms with van der Waals surface area (Å²) < 4.78 is 69.0. The zero-order valence-electron chi connectivity index (χ0n) is 17.6. The standard InChI is InChI=1S/C22H30F5NO3/c1-2-3-4-5-6-7-8-12-15-31-19(29)18(16-17-13-10-9-11-14-17)28-20(30)21(23,24)22(25,26)27/h9-11,13-14,18H,2-8,12,15-16H2,1H3,(H,28,30). The SMILES string of the molecule is CCCCCCCCCCOC(=O)C(Cc1ccccc1)NC(=O)C(F)(F)C(F)(F)F. The zero-order valence-corrected chi connectivity index (χ0v) is 17.6. The topological polar surface area (TPSA) is 55.4 Å². The summed E-state index contributed by atoms with van der Waals surface area (Å²) in [6.07, 6.45) is 1.71. The van der Waals surface area contributed by atoms with Gasteiger partial charge in [0.2, 0.25) is 0 Å². The van der Waals surface area contributed by atoms with Crippen LogP contribution in [0.2, 0.25) is 0 Å². The van der Waals surface area contributed by atoms with Crippen LogP contribution < -0.4 is 5.32 Å². The summed E-state index contributed by atoms with van der Waals surface area (Å²) in [6, 6.07) is 6.38. The fourth-order valence-electron chi connectivity index (χ4n) is 2.93. The minimum atomic E-state index is -6.06. The normalized spacial score (nSPS) is 13.0. The number of hydrogen-bond acceptors (Lipinski definition) is 3. The highest BCUT2D eigenvalue weighted by atomic mass is 19.4. The van der Waals surface area contributed by atoms with E-state index in [0.29, 0.717) is 12.0 Å². The lowest BCUT2D eigenvalue weighted by molar-refractivity contribution is -0.270. The van der Waals surface area contributed by atoms with Crippen molar-refractivity contribution < 1.29 is 36.3 Å². The Labute approximate surface area is 179 Å². The third kappa shape index (κ3) is 9.65. The first-order valence-corrected chi connectivity index (χ1v) is 10.6. The number of carbonyl (C=O) groups excluding carboxylic acids is 2. The van der Waals surface area contributed by atoms with Crippen LogP contribution in [0.25, 0.3) is 0 Å². The van der Waals surface area contributed by atoms with Crippen LogP contribution in [0, 0.1) is 0 Å². The van der Waals surface area contributed by atoms with Crippen LogP contribution in [0.4, 0.5) is 22.0 Å². The van der Waals surface area contributed by atoms with Crippen LogP contribution in [0.15, 0.2) is 30.3 Å². The van der Waals surface area contributed by atoms with Crippen molar-refractivity contribution in [1.82, 2.24) is 5.32 Å². The molecule has 0 aliphatic rings. The average molecular weight is 451 g/mol. The molecule has 0 spiro atoms. The molecule has 4 nitrogen and oxygen atoms in total. The van der Waals surface area contributed by atoms with E-state index < -0.39 is 30.0 Å². The van der Waals surface area contributed by atoms with Crippen LogP contribution in [-0.2, 0) is 20.7 Å². The van der Waals surface area contributed by atoms with E-state index in [1.807, 2.05) is 0 Å². The van der Waals surface area contributed by atoms with E-state index in [2.05, 4.69) is 6.92 Å². The number of ether oxygens (including phenoxy) is 1. The largest absolute Gasteiger partial charge is 0.464 e. The van der Waals surface area contributed by atoms with Gasteiger partial charge in [-0.1, -0.05) is 82.2 Å². The number of unbranched alkanes of at least 4 members (excludes halogenated alkanes) is 7. The molecule has 0 aliphatic heterocycles. The molecular weight excluding hydrogens is 421 g/mol. The molecule has 0 aromatic heterocycles. The van der Waals surface area contributed by atoms with Gasteiger partial charge < -0.3 is 10.1 Å². The number of esters is 1. The van der Waals surface area contributed by atoms with Crippen molar-refractivity contribution in [3.8, 4) is 0 Å². The molecule has 1 rings (SSSR count). The van der Waals surface area contributed by atoms with E-state index >= 15 is 0 Å². The quantitative estimate of drug-likeness (QED) is 0.228. The Morgan fingerprint density at radius 2 is 1.45 bits per heavy atom. The third-order valence-electron chi connectivity index (χ3n) is 4.76. The molecule has 0 saturated heterocycles. The van der Waals surface area contributed by atoms with Gasteiger partial charge in [0.1, 0.15) is 6.04 Å². The Bertz CT molecular complexity index is 665. The summed E-state index contributed by atoms with van der Waals surface area (Å²) in [7, 11) is 0. The molecule has 176 valence electrons. The lowest BCUT2D eigenvalue weighted by Gasteiger charge is -2.23. The smallest absolute Gasteiger partial charge is 0.463 e. The summed E-state index contributed by atoms with van der Waals surface area (Å²) in [5.41, 5.74) is 0.479. The highest BCUT2D eigenvalue weighted by Gasteiger charge is 2.63. The third-order valence-corrected chi connectivity index (χ3v) is 4.76. The fourth-order valence-corrected chi connectivity index (χ4v) is 2.93. The van der Waals surface area contributed by atoms with Gasteiger partial charge in [-0.05, 0) is 12.0 Å². The van der Waals surface area contributed by atoms with Crippen LogP contribution in [-0.4, -0.2) is 36.6 Å². The van der Waals surface area contributed by atoms with Crippen LogP contribution in [0.5, 0.6) is 0 Å². The minimum absolute atomic E-state index is 0.00458. The van der Waals surface area contributed by atoms with Crippen molar-refractivity contribution in [2.75, 3.05) is 6.61 Å². The predicted octanol–water partition coefficient (Wildman–Crippen LogP) is 5.60. The second kappa shape index (κ2) is 13.3. The molecule has 31 heavy (non-hydrogen) atoms. The molecule has 1 amide bonds. The van der Waals surface area contributed by atoms with Gasteiger partial charge in [0, 0.05) is 6.42 Å². The maximum atomic E-state index is 13.3. The van der Waals surface area contributed by atoms with Gasteiger partial charge in [-0.25, -0.2) is 4.79 Å². The summed E-state index contributed by atoms with van der Waals surface area (Å²) in [5, 5.41) is 1.51. The summed E-state index contributed by atoms with van der Waals surface area (Å²) in [5.74, 6) is -9.23. The molecule has 1 aromatic carbocycles. The van der Waals surface area contributed by atoms with E-state index in [1.165, 1.54) is 18.2 Å². The van der Waals surface area contributed by atoms with Gasteiger partial charge in [-0.2, -0.15) is 22.0 Å². The van der Waals surface area contributed by atoms with Crippen molar-refractivity contribution in [3.05, 3.63) is 35.9 Å². The maximum absolute atomic E-state index is 13.3. The summed E-state index contributed by atoms with van der Waals surface area (Å²) in [6.45, 7) is 2.14. The van der Waals surface area contributed by atoms with Gasteiger partial charge in [0.15, 0.2) is 0 Å². The molecule has 1 atom stereocenters. The van der Waals surface area contributed by atoms with E-state index in [-0.39, 0.29) is 13.0 Å². The van der Waals surface area contributed by atoms with Crippen LogP contribution in [0.3, 0.4) is 0 Å². The monoisotopic (exact) mass is 451 g/mol. The Hall–Kier alpha value is -2.19. The van der Waals surface area contributed by atoms with E-state index in [4.69, 9.17) is 4.74 Å². The number of benzene rings is 1. The molecule has 1 unspecified atom stereocenters.